The molecular formula is C13H19F3N4O2. The van der Waals surface area contributed by atoms with Crippen molar-refractivity contribution in [2.75, 3.05) is 6.54 Å². The summed E-state index contributed by atoms with van der Waals surface area (Å²) in [7, 11) is 1.02. The van der Waals surface area contributed by atoms with E-state index in [0.29, 0.717) is 4.57 Å². The van der Waals surface area contributed by atoms with Crippen molar-refractivity contribution in [2.24, 2.45) is 13.0 Å². The Balaban J connectivity index is 1.92. The minimum absolute atomic E-state index is 0.0278. The fourth-order valence-corrected chi connectivity index (χ4v) is 2.67. The predicted octanol–water partition coefficient (Wildman–Crippen LogP) is 1.30. The third-order valence-electron chi connectivity index (χ3n) is 3.89. The van der Waals surface area contributed by atoms with Crippen LogP contribution < -0.4 is 11.0 Å². The van der Waals surface area contributed by atoms with E-state index >= 15 is 0 Å². The van der Waals surface area contributed by atoms with Gasteiger partial charge in [-0.25, -0.2) is 9.48 Å². The summed E-state index contributed by atoms with van der Waals surface area (Å²) in [5.74, 6) is -1.37. The Morgan fingerprint density at radius 1 is 1.32 bits per heavy atom. The zero-order chi connectivity index (χ0) is 16.3. The van der Waals surface area contributed by atoms with Crippen LogP contribution in [0.15, 0.2) is 4.79 Å². The molecule has 2 rings (SSSR count). The second-order valence-corrected chi connectivity index (χ2v) is 5.51. The molecule has 1 aromatic heterocycles. The van der Waals surface area contributed by atoms with Gasteiger partial charge in [-0.2, -0.15) is 13.2 Å². The van der Waals surface area contributed by atoms with E-state index in [9.17, 15) is 22.8 Å². The number of nitrogens with one attached hydrogen (secondary N) is 1. The van der Waals surface area contributed by atoms with Crippen LogP contribution in [0.4, 0.5) is 13.2 Å². The summed E-state index contributed by atoms with van der Waals surface area (Å²) in [6.45, 7) is 0.00473. The van der Waals surface area contributed by atoms with Crippen molar-refractivity contribution in [3.63, 3.8) is 0 Å². The SMILES string of the molecule is Cn1c(C(F)(F)F)nn(CCNC(=O)C2CCCCC2)c1=O. The van der Waals surface area contributed by atoms with Crippen LogP contribution in [0.25, 0.3) is 0 Å². The zero-order valence-corrected chi connectivity index (χ0v) is 12.3. The molecule has 0 spiro atoms. The molecule has 1 heterocycles. The Morgan fingerprint density at radius 3 is 2.50 bits per heavy atom. The highest BCUT2D eigenvalue weighted by molar-refractivity contribution is 5.78. The topological polar surface area (TPSA) is 68.9 Å². The molecule has 22 heavy (non-hydrogen) atoms. The van der Waals surface area contributed by atoms with Crippen LogP contribution in [-0.4, -0.2) is 26.8 Å². The summed E-state index contributed by atoms with van der Waals surface area (Å²) >= 11 is 0. The second-order valence-electron chi connectivity index (χ2n) is 5.51. The predicted molar refractivity (Wildman–Crippen MR) is 72.1 cm³/mol. The molecule has 0 radical (unpaired) electrons. The fourth-order valence-electron chi connectivity index (χ4n) is 2.67. The van der Waals surface area contributed by atoms with Gasteiger partial charge < -0.3 is 5.32 Å². The highest BCUT2D eigenvalue weighted by Crippen LogP contribution is 2.26. The average Bonchev–Trinajstić information content (AvgIpc) is 2.76. The van der Waals surface area contributed by atoms with E-state index in [-0.39, 0.29) is 24.9 Å². The molecule has 0 bridgehead atoms. The quantitative estimate of drug-likeness (QED) is 0.909. The average molecular weight is 320 g/mol. The number of rotatable bonds is 4. The number of carbonyl (C=O) groups is 1. The number of amides is 1. The highest BCUT2D eigenvalue weighted by atomic mass is 19.4. The minimum Gasteiger partial charge on any atom is -0.354 e. The lowest BCUT2D eigenvalue weighted by Gasteiger charge is -2.20. The lowest BCUT2D eigenvalue weighted by Crippen LogP contribution is -2.36. The molecule has 1 N–H and O–H groups in total. The summed E-state index contributed by atoms with van der Waals surface area (Å²) in [6.07, 6.45) is 0.179. The molecule has 1 fully saturated rings. The third-order valence-corrected chi connectivity index (χ3v) is 3.89. The number of nitrogens with zero attached hydrogens (tertiary/aromatic N) is 3. The molecule has 0 atom stereocenters. The van der Waals surface area contributed by atoms with Crippen molar-refractivity contribution in [2.45, 2.75) is 44.8 Å². The number of aromatic nitrogens is 3. The number of hydrogen-bond donors (Lipinski definition) is 1. The monoisotopic (exact) mass is 320 g/mol. The maximum absolute atomic E-state index is 12.6. The van der Waals surface area contributed by atoms with Gasteiger partial charge in [0.2, 0.25) is 11.7 Å². The standard InChI is InChI=1S/C13H19F3N4O2/c1-19-11(13(14,15)16)18-20(12(19)22)8-7-17-10(21)9-5-3-2-4-6-9/h9H,2-8H2,1H3,(H,17,21). The Morgan fingerprint density at radius 2 is 1.95 bits per heavy atom. The van der Waals surface area contributed by atoms with Gasteiger partial charge in [-0.3, -0.25) is 9.36 Å². The number of alkyl halides is 3. The summed E-state index contributed by atoms with van der Waals surface area (Å²) in [5.41, 5.74) is -0.848. The van der Waals surface area contributed by atoms with Gasteiger partial charge in [-0.15, -0.1) is 5.10 Å². The molecule has 0 unspecified atom stereocenters. The molecule has 1 amide bonds. The van der Waals surface area contributed by atoms with E-state index in [1.165, 1.54) is 0 Å². The zero-order valence-electron chi connectivity index (χ0n) is 12.3. The van der Waals surface area contributed by atoms with Crippen molar-refractivity contribution in [3.8, 4) is 0 Å². The summed E-state index contributed by atoms with van der Waals surface area (Å²) in [4.78, 5) is 23.6. The first-order valence-electron chi connectivity index (χ1n) is 7.29. The molecule has 0 aliphatic heterocycles. The van der Waals surface area contributed by atoms with E-state index in [0.717, 1.165) is 43.8 Å². The summed E-state index contributed by atoms with van der Waals surface area (Å²) in [5, 5.41) is 5.95. The maximum Gasteiger partial charge on any atom is 0.451 e. The molecule has 1 aliphatic carbocycles. The van der Waals surface area contributed by atoms with Crippen molar-refractivity contribution in [1.29, 1.82) is 0 Å². The van der Waals surface area contributed by atoms with E-state index in [2.05, 4.69) is 10.4 Å². The first kappa shape index (κ1) is 16.6. The molecule has 1 saturated carbocycles. The van der Waals surface area contributed by atoms with E-state index in [1.807, 2.05) is 0 Å². The molecule has 1 aromatic rings. The normalized spacial score (nSPS) is 16.7. The van der Waals surface area contributed by atoms with Gasteiger partial charge in [-0.1, -0.05) is 19.3 Å². The van der Waals surface area contributed by atoms with Crippen molar-refractivity contribution in [3.05, 3.63) is 16.3 Å². The first-order valence-corrected chi connectivity index (χ1v) is 7.29. The largest absolute Gasteiger partial charge is 0.451 e. The van der Waals surface area contributed by atoms with Crippen molar-refractivity contribution < 1.29 is 18.0 Å². The van der Waals surface area contributed by atoms with Crippen LogP contribution in [0, 0.1) is 5.92 Å². The van der Waals surface area contributed by atoms with E-state index < -0.39 is 17.7 Å². The Bertz CT molecular complexity index is 585. The number of halogens is 3. The lowest BCUT2D eigenvalue weighted by molar-refractivity contribution is -0.147. The van der Waals surface area contributed by atoms with Gasteiger partial charge in [0.1, 0.15) is 0 Å². The molecule has 0 aromatic carbocycles. The Labute approximate surface area is 125 Å². The number of carbonyl (C=O) groups excluding carboxylic acids is 1. The Kier molecular flexibility index (Phi) is 4.92. The van der Waals surface area contributed by atoms with Crippen LogP contribution in [-0.2, 0) is 24.6 Å². The summed E-state index contributed by atoms with van der Waals surface area (Å²) in [6, 6.07) is 0. The van der Waals surface area contributed by atoms with E-state index in [4.69, 9.17) is 0 Å². The fraction of sp³-hybridized carbons (Fsp3) is 0.769. The van der Waals surface area contributed by atoms with Gasteiger partial charge in [-0.05, 0) is 12.8 Å². The van der Waals surface area contributed by atoms with Crippen molar-refractivity contribution >= 4 is 5.91 Å². The van der Waals surface area contributed by atoms with Crippen LogP contribution in [0.2, 0.25) is 0 Å². The molecule has 1 aliphatic rings. The van der Waals surface area contributed by atoms with Gasteiger partial charge in [0.15, 0.2) is 0 Å². The van der Waals surface area contributed by atoms with E-state index in [1.54, 1.807) is 0 Å². The maximum atomic E-state index is 12.6. The van der Waals surface area contributed by atoms with Crippen LogP contribution in [0.3, 0.4) is 0 Å². The molecular weight excluding hydrogens is 301 g/mol. The lowest BCUT2D eigenvalue weighted by atomic mass is 9.89. The second kappa shape index (κ2) is 6.53. The minimum atomic E-state index is -4.68. The van der Waals surface area contributed by atoms with Crippen LogP contribution in [0.5, 0.6) is 0 Å². The molecule has 9 heteroatoms. The van der Waals surface area contributed by atoms with Gasteiger partial charge in [0.25, 0.3) is 0 Å². The van der Waals surface area contributed by atoms with Gasteiger partial charge >= 0.3 is 11.9 Å². The molecule has 6 nitrogen and oxygen atoms in total. The Hall–Kier alpha value is -1.80. The molecule has 124 valence electrons. The van der Waals surface area contributed by atoms with Crippen LogP contribution >= 0.6 is 0 Å². The summed E-state index contributed by atoms with van der Waals surface area (Å²) < 4.78 is 39.1. The van der Waals surface area contributed by atoms with Gasteiger partial charge in [0.05, 0.1) is 6.54 Å². The van der Waals surface area contributed by atoms with Crippen LogP contribution in [0.1, 0.15) is 37.9 Å². The molecule has 0 saturated heterocycles. The number of hydrogen-bond acceptors (Lipinski definition) is 3. The van der Waals surface area contributed by atoms with Gasteiger partial charge in [0, 0.05) is 19.5 Å². The highest BCUT2D eigenvalue weighted by Gasteiger charge is 2.37. The smallest absolute Gasteiger partial charge is 0.354 e. The van der Waals surface area contributed by atoms with Crippen molar-refractivity contribution in [1.82, 2.24) is 19.7 Å². The first-order chi connectivity index (χ1) is 10.3. The third kappa shape index (κ3) is 3.69.